The molecule has 0 aromatic heterocycles. The minimum absolute atomic E-state index is 0.0115. The van der Waals surface area contributed by atoms with E-state index in [0.29, 0.717) is 17.9 Å². The smallest absolute Gasteiger partial charge is 0.135 e. The van der Waals surface area contributed by atoms with Gasteiger partial charge in [-0.3, -0.25) is 4.79 Å². The highest BCUT2D eigenvalue weighted by Gasteiger charge is 2.14. The van der Waals surface area contributed by atoms with E-state index in [1.54, 1.807) is 13.2 Å². The quantitative estimate of drug-likeness (QED) is 0.787. The predicted molar refractivity (Wildman–Crippen MR) is 66.2 cm³/mol. The fraction of sp³-hybridized carbons (Fsp3) is 0.462. The van der Waals surface area contributed by atoms with Crippen LogP contribution in [0.25, 0.3) is 0 Å². The molecule has 2 nitrogen and oxygen atoms in total. The van der Waals surface area contributed by atoms with Crippen molar-refractivity contribution in [1.82, 2.24) is 0 Å². The molecule has 1 unspecified atom stereocenters. The normalized spacial score (nSPS) is 12.2. The summed E-state index contributed by atoms with van der Waals surface area (Å²) in [6.07, 6.45) is 1.25. The number of hydrogen-bond donors (Lipinski definition) is 0. The zero-order chi connectivity index (χ0) is 12.1. The van der Waals surface area contributed by atoms with Crippen LogP contribution in [0.1, 0.15) is 25.8 Å². The van der Waals surface area contributed by atoms with Crippen molar-refractivity contribution >= 4 is 17.4 Å². The average molecular weight is 241 g/mol. The molecule has 0 radical (unpaired) electrons. The maximum atomic E-state index is 11.5. The van der Waals surface area contributed by atoms with E-state index in [-0.39, 0.29) is 11.7 Å². The van der Waals surface area contributed by atoms with Gasteiger partial charge in [-0.05, 0) is 30.2 Å². The molecule has 1 rings (SSSR count). The topological polar surface area (TPSA) is 26.3 Å². The number of carbonyl (C=O) groups is 1. The fourth-order valence-electron chi connectivity index (χ4n) is 1.70. The highest BCUT2D eigenvalue weighted by molar-refractivity contribution is 6.30. The molecule has 1 aromatic rings. The summed E-state index contributed by atoms with van der Waals surface area (Å²) in [7, 11) is 1.62. The van der Waals surface area contributed by atoms with Crippen LogP contribution in [0.15, 0.2) is 18.2 Å². The maximum absolute atomic E-state index is 11.5. The van der Waals surface area contributed by atoms with E-state index in [9.17, 15) is 4.79 Å². The first-order chi connectivity index (χ1) is 7.58. The summed E-state index contributed by atoms with van der Waals surface area (Å²) in [5.41, 5.74) is 0.990. The summed E-state index contributed by atoms with van der Waals surface area (Å²) >= 11 is 5.93. The SMILES string of the molecule is CCC(=O)C(C)Cc1cc(Cl)ccc1OC. The van der Waals surface area contributed by atoms with Crippen LogP contribution in [0.4, 0.5) is 0 Å². The largest absolute Gasteiger partial charge is 0.496 e. The van der Waals surface area contributed by atoms with E-state index in [0.717, 1.165) is 11.3 Å². The Morgan fingerprint density at radius 1 is 1.50 bits per heavy atom. The number of benzene rings is 1. The van der Waals surface area contributed by atoms with Crippen molar-refractivity contribution in [2.75, 3.05) is 7.11 Å². The molecule has 0 heterocycles. The standard InChI is InChI=1S/C13H17ClO2/c1-4-12(15)9(2)7-10-8-11(14)5-6-13(10)16-3/h5-6,8-9H,4,7H2,1-3H3. The van der Waals surface area contributed by atoms with E-state index in [4.69, 9.17) is 16.3 Å². The predicted octanol–water partition coefficient (Wildman–Crippen LogP) is 3.51. The molecule has 1 atom stereocenters. The summed E-state index contributed by atoms with van der Waals surface area (Å²) in [6, 6.07) is 5.48. The first-order valence-corrected chi connectivity index (χ1v) is 5.81. The van der Waals surface area contributed by atoms with Crippen molar-refractivity contribution in [2.24, 2.45) is 5.92 Å². The van der Waals surface area contributed by atoms with Gasteiger partial charge in [-0.1, -0.05) is 25.4 Å². The Hall–Kier alpha value is -1.02. The van der Waals surface area contributed by atoms with Gasteiger partial charge in [0.2, 0.25) is 0 Å². The molecule has 0 N–H and O–H groups in total. The van der Waals surface area contributed by atoms with E-state index in [1.807, 2.05) is 26.0 Å². The minimum atomic E-state index is 0.0115. The molecule has 0 aliphatic rings. The molecule has 0 spiro atoms. The van der Waals surface area contributed by atoms with E-state index >= 15 is 0 Å². The molecule has 0 aliphatic heterocycles. The second kappa shape index (κ2) is 5.90. The van der Waals surface area contributed by atoms with Crippen molar-refractivity contribution in [3.8, 4) is 5.75 Å². The van der Waals surface area contributed by atoms with Crippen molar-refractivity contribution in [2.45, 2.75) is 26.7 Å². The number of hydrogen-bond acceptors (Lipinski definition) is 2. The van der Waals surface area contributed by atoms with Gasteiger partial charge in [-0.25, -0.2) is 0 Å². The van der Waals surface area contributed by atoms with Crippen molar-refractivity contribution in [1.29, 1.82) is 0 Å². The number of halogens is 1. The summed E-state index contributed by atoms with van der Waals surface area (Å²) in [5.74, 6) is 1.07. The van der Waals surface area contributed by atoms with Crippen LogP contribution in [-0.4, -0.2) is 12.9 Å². The zero-order valence-corrected chi connectivity index (χ0v) is 10.7. The van der Waals surface area contributed by atoms with E-state index < -0.39 is 0 Å². The van der Waals surface area contributed by atoms with Gasteiger partial charge in [-0.2, -0.15) is 0 Å². The second-order valence-electron chi connectivity index (χ2n) is 3.88. The molecule has 16 heavy (non-hydrogen) atoms. The van der Waals surface area contributed by atoms with Crippen LogP contribution >= 0.6 is 11.6 Å². The lowest BCUT2D eigenvalue weighted by molar-refractivity contribution is -0.122. The zero-order valence-electron chi connectivity index (χ0n) is 9.92. The van der Waals surface area contributed by atoms with Gasteiger partial charge in [0.05, 0.1) is 7.11 Å². The number of ether oxygens (including phenoxy) is 1. The third kappa shape index (κ3) is 3.24. The first-order valence-electron chi connectivity index (χ1n) is 5.43. The molecule has 0 saturated carbocycles. The van der Waals surface area contributed by atoms with Crippen molar-refractivity contribution in [3.63, 3.8) is 0 Å². The number of ketones is 1. The van der Waals surface area contributed by atoms with Crippen LogP contribution in [0.5, 0.6) is 5.75 Å². The van der Waals surface area contributed by atoms with Gasteiger partial charge in [-0.15, -0.1) is 0 Å². The third-order valence-corrected chi connectivity index (χ3v) is 2.90. The van der Waals surface area contributed by atoms with E-state index in [1.165, 1.54) is 0 Å². The molecule has 0 aliphatic carbocycles. The third-order valence-electron chi connectivity index (χ3n) is 2.67. The maximum Gasteiger partial charge on any atom is 0.135 e. The van der Waals surface area contributed by atoms with Crippen LogP contribution in [0.2, 0.25) is 5.02 Å². The van der Waals surface area contributed by atoms with E-state index in [2.05, 4.69) is 0 Å². The Kier molecular flexibility index (Phi) is 4.81. The van der Waals surface area contributed by atoms with Gasteiger partial charge in [0.25, 0.3) is 0 Å². The second-order valence-corrected chi connectivity index (χ2v) is 4.32. The van der Waals surface area contributed by atoms with Gasteiger partial charge >= 0.3 is 0 Å². The fourth-order valence-corrected chi connectivity index (χ4v) is 1.89. The molecular weight excluding hydrogens is 224 g/mol. The Balaban J connectivity index is 2.86. The van der Waals surface area contributed by atoms with Crippen LogP contribution in [0, 0.1) is 5.92 Å². The Bertz CT molecular complexity index is 374. The lowest BCUT2D eigenvalue weighted by Crippen LogP contribution is -2.12. The van der Waals surface area contributed by atoms with Gasteiger partial charge < -0.3 is 4.74 Å². The number of rotatable bonds is 5. The summed E-state index contributed by atoms with van der Waals surface area (Å²) in [5, 5.41) is 0.673. The number of Topliss-reactive ketones (excluding diaryl/α,β-unsaturated/α-hetero) is 1. The summed E-state index contributed by atoms with van der Waals surface area (Å²) in [6.45, 7) is 3.82. The Labute approximate surface area is 102 Å². The first kappa shape index (κ1) is 13.0. The monoisotopic (exact) mass is 240 g/mol. The molecule has 88 valence electrons. The van der Waals surface area contributed by atoms with Gasteiger partial charge in [0.1, 0.15) is 11.5 Å². The number of carbonyl (C=O) groups excluding carboxylic acids is 1. The molecular formula is C13H17ClO2. The molecule has 0 bridgehead atoms. The number of methoxy groups -OCH3 is 1. The average Bonchev–Trinajstić information content (AvgIpc) is 2.28. The van der Waals surface area contributed by atoms with Crippen LogP contribution in [0.3, 0.4) is 0 Å². The van der Waals surface area contributed by atoms with Crippen LogP contribution < -0.4 is 4.74 Å². The lowest BCUT2D eigenvalue weighted by atomic mass is 9.95. The van der Waals surface area contributed by atoms with Gasteiger partial charge in [0.15, 0.2) is 0 Å². The van der Waals surface area contributed by atoms with Crippen molar-refractivity contribution < 1.29 is 9.53 Å². The Morgan fingerprint density at radius 2 is 2.19 bits per heavy atom. The lowest BCUT2D eigenvalue weighted by Gasteiger charge is -2.13. The van der Waals surface area contributed by atoms with Crippen LogP contribution in [-0.2, 0) is 11.2 Å². The highest BCUT2D eigenvalue weighted by Crippen LogP contribution is 2.25. The highest BCUT2D eigenvalue weighted by atomic mass is 35.5. The summed E-state index contributed by atoms with van der Waals surface area (Å²) in [4.78, 5) is 11.5. The molecule has 0 saturated heterocycles. The molecule has 0 amide bonds. The minimum Gasteiger partial charge on any atom is -0.496 e. The molecule has 1 aromatic carbocycles. The molecule has 3 heteroatoms. The Morgan fingerprint density at radius 3 is 2.75 bits per heavy atom. The summed E-state index contributed by atoms with van der Waals surface area (Å²) < 4.78 is 5.24. The van der Waals surface area contributed by atoms with Crippen molar-refractivity contribution in [3.05, 3.63) is 28.8 Å². The molecule has 0 fully saturated rings. The van der Waals surface area contributed by atoms with Gasteiger partial charge in [0, 0.05) is 17.4 Å².